The fourth-order valence-corrected chi connectivity index (χ4v) is 3.58. The highest BCUT2D eigenvalue weighted by atomic mass is 79.9. The molecule has 1 fully saturated rings. The third-order valence-electron chi connectivity index (χ3n) is 3.93. The quantitative estimate of drug-likeness (QED) is 0.869. The molecule has 0 amide bonds. The number of aromatic nitrogens is 2. The van der Waals surface area contributed by atoms with Gasteiger partial charge in [0.05, 0.1) is 6.33 Å². The summed E-state index contributed by atoms with van der Waals surface area (Å²) in [6.45, 7) is 5.46. The summed E-state index contributed by atoms with van der Waals surface area (Å²) in [6.07, 6.45) is 7.87. The van der Waals surface area contributed by atoms with E-state index in [1.807, 2.05) is 0 Å². The number of nitrogens with one attached hydrogen (secondary N) is 2. The lowest BCUT2D eigenvalue weighted by atomic mass is 9.78. The molecule has 0 spiro atoms. The largest absolute Gasteiger partial charge is 0.368 e. The van der Waals surface area contributed by atoms with E-state index in [2.05, 4.69) is 45.1 Å². The van der Waals surface area contributed by atoms with Gasteiger partial charge in [-0.15, -0.1) is 0 Å². The van der Waals surface area contributed by atoms with Crippen molar-refractivity contribution in [1.82, 2.24) is 9.97 Å². The molecule has 0 radical (unpaired) electrons. The van der Waals surface area contributed by atoms with Crippen LogP contribution in [0.3, 0.4) is 0 Å². The van der Waals surface area contributed by atoms with Gasteiger partial charge in [-0.05, 0) is 46.5 Å². The first-order valence-electron chi connectivity index (χ1n) is 6.99. The highest BCUT2D eigenvalue weighted by Gasteiger charge is 2.34. The average molecular weight is 328 g/mol. The Morgan fingerprint density at radius 3 is 2.79 bits per heavy atom. The second-order valence-electron chi connectivity index (χ2n) is 6.05. The minimum Gasteiger partial charge on any atom is -0.368 e. The Balaban J connectivity index is 2.07. The molecule has 0 atom stereocenters. The summed E-state index contributed by atoms with van der Waals surface area (Å²) in [4.78, 5) is 18.3. The number of anilines is 1. The van der Waals surface area contributed by atoms with Crippen molar-refractivity contribution in [3.63, 3.8) is 0 Å². The molecule has 19 heavy (non-hydrogen) atoms. The molecule has 2 rings (SSSR count). The molecule has 1 aliphatic carbocycles. The van der Waals surface area contributed by atoms with Crippen LogP contribution in [0, 0.1) is 11.3 Å². The first-order chi connectivity index (χ1) is 9.02. The Hall–Kier alpha value is -0.840. The van der Waals surface area contributed by atoms with Gasteiger partial charge in [0.1, 0.15) is 10.3 Å². The summed E-state index contributed by atoms with van der Waals surface area (Å²) in [5, 5.41) is 3.36. The normalized spacial score (nSPS) is 17.9. The van der Waals surface area contributed by atoms with Crippen LogP contribution in [0.4, 0.5) is 5.82 Å². The maximum atomic E-state index is 11.5. The van der Waals surface area contributed by atoms with Gasteiger partial charge in [-0.3, -0.25) is 4.79 Å². The van der Waals surface area contributed by atoms with E-state index < -0.39 is 0 Å². The SMILES string of the molecule is CC(C)CC1(CNc2nc[nH]c(=O)c2Br)CCCC1. The van der Waals surface area contributed by atoms with Crippen LogP contribution in [-0.2, 0) is 0 Å². The monoisotopic (exact) mass is 327 g/mol. The van der Waals surface area contributed by atoms with Crippen LogP contribution in [-0.4, -0.2) is 16.5 Å². The number of hydrogen-bond donors (Lipinski definition) is 2. The van der Waals surface area contributed by atoms with Crippen LogP contribution < -0.4 is 10.9 Å². The van der Waals surface area contributed by atoms with Crippen molar-refractivity contribution in [2.45, 2.75) is 46.0 Å². The van der Waals surface area contributed by atoms with Gasteiger partial charge in [0.25, 0.3) is 5.56 Å². The predicted octanol–water partition coefficient (Wildman–Crippen LogP) is 3.55. The summed E-state index contributed by atoms with van der Waals surface area (Å²) in [5.74, 6) is 1.36. The third kappa shape index (κ3) is 3.59. The van der Waals surface area contributed by atoms with Gasteiger partial charge in [-0.1, -0.05) is 26.7 Å². The lowest BCUT2D eigenvalue weighted by molar-refractivity contribution is 0.252. The van der Waals surface area contributed by atoms with Crippen molar-refractivity contribution in [2.75, 3.05) is 11.9 Å². The van der Waals surface area contributed by atoms with E-state index in [4.69, 9.17) is 0 Å². The number of halogens is 1. The van der Waals surface area contributed by atoms with Crippen molar-refractivity contribution >= 4 is 21.7 Å². The molecule has 4 nitrogen and oxygen atoms in total. The van der Waals surface area contributed by atoms with Crippen LogP contribution in [0.1, 0.15) is 46.0 Å². The zero-order valence-corrected chi connectivity index (χ0v) is 13.2. The summed E-state index contributed by atoms with van der Waals surface area (Å²) in [6, 6.07) is 0. The number of rotatable bonds is 5. The minimum atomic E-state index is -0.137. The maximum Gasteiger partial charge on any atom is 0.267 e. The van der Waals surface area contributed by atoms with Gasteiger partial charge in [0.15, 0.2) is 0 Å². The van der Waals surface area contributed by atoms with Crippen molar-refractivity contribution in [3.8, 4) is 0 Å². The van der Waals surface area contributed by atoms with Gasteiger partial charge in [0, 0.05) is 6.54 Å². The number of hydrogen-bond acceptors (Lipinski definition) is 3. The van der Waals surface area contributed by atoms with E-state index in [0.717, 1.165) is 6.54 Å². The van der Waals surface area contributed by atoms with E-state index in [1.54, 1.807) is 0 Å². The van der Waals surface area contributed by atoms with E-state index in [-0.39, 0.29) is 5.56 Å². The first kappa shape index (κ1) is 14.6. The lowest BCUT2D eigenvalue weighted by Crippen LogP contribution is -2.29. The maximum absolute atomic E-state index is 11.5. The van der Waals surface area contributed by atoms with Gasteiger partial charge in [0.2, 0.25) is 0 Å². The van der Waals surface area contributed by atoms with Crippen LogP contribution in [0.5, 0.6) is 0 Å². The fourth-order valence-electron chi connectivity index (χ4n) is 3.22. The smallest absolute Gasteiger partial charge is 0.267 e. The molecule has 2 N–H and O–H groups in total. The molecule has 0 aliphatic heterocycles. The Labute approximate surface area is 122 Å². The molecule has 0 bridgehead atoms. The van der Waals surface area contributed by atoms with Crippen molar-refractivity contribution < 1.29 is 0 Å². The molecule has 106 valence electrons. The number of aromatic amines is 1. The molecular formula is C14H22BrN3O. The Morgan fingerprint density at radius 2 is 2.16 bits per heavy atom. The van der Waals surface area contributed by atoms with Gasteiger partial charge in [-0.25, -0.2) is 4.98 Å². The van der Waals surface area contributed by atoms with E-state index >= 15 is 0 Å². The molecule has 0 aromatic carbocycles. The first-order valence-corrected chi connectivity index (χ1v) is 7.79. The second-order valence-corrected chi connectivity index (χ2v) is 6.85. The minimum absolute atomic E-state index is 0.137. The van der Waals surface area contributed by atoms with Gasteiger partial charge in [-0.2, -0.15) is 0 Å². The zero-order chi connectivity index (χ0) is 13.9. The van der Waals surface area contributed by atoms with Crippen molar-refractivity contribution in [1.29, 1.82) is 0 Å². The van der Waals surface area contributed by atoms with Crippen molar-refractivity contribution in [2.24, 2.45) is 11.3 Å². The Bertz CT molecular complexity index is 478. The molecule has 1 saturated carbocycles. The predicted molar refractivity (Wildman–Crippen MR) is 81.4 cm³/mol. The summed E-state index contributed by atoms with van der Waals surface area (Å²) >= 11 is 3.29. The number of nitrogens with zero attached hydrogens (tertiary/aromatic N) is 1. The molecular weight excluding hydrogens is 306 g/mol. The van der Waals surface area contributed by atoms with Crippen LogP contribution in [0.2, 0.25) is 0 Å². The average Bonchev–Trinajstić information content (AvgIpc) is 2.79. The van der Waals surface area contributed by atoms with Crippen LogP contribution >= 0.6 is 15.9 Å². The molecule has 0 saturated heterocycles. The molecule has 1 heterocycles. The van der Waals surface area contributed by atoms with Crippen molar-refractivity contribution in [3.05, 3.63) is 21.2 Å². The highest BCUT2D eigenvalue weighted by Crippen LogP contribution is 2.43. The topological polar surface area (TPSA) is 57.8 Å². The van der Waals surface area contributed by atoms with Gasteiger partial charge >= 0.3 is 0 Å². The molecule has 1 aromatic rings. The van der Waals surface area contributed by atoms with Crippen LogP contribution in [0.25, 0.3) is 0 Å². The number of H-pyrrole nitrogens is 1. The van der Waals surface area contributed by atoms with E-state index in [1.165, 1.54) is 38.4 Å². The zero-order valence-electron chi connectivity index (χ0n) is 11.6. The summed E-state index contributed by atoms with van der Waals surface area (Å²) < 4.78 is 0.493. The molecule has 1 aromatic heterocycles. The highest BCUT2D eigenvalue weighted by molar-refractivity contribution is 9.10. The van der Waals surface area contributed by atoms with Crippen LogP contribution in [0.15, 0.2) is 15.6 Å². The molecule has 0 unspecified atom stereocenters. The Kier molecular flexibility index (Phi) is 4.66. The summed E-state index contributed by atoms with van der Waals surface area (Å²) in [7, 11) is 0. The van der Waals surface area contributed by atoms with Gasteiger partial charge < -0.3 is 10.3 Å². The fraction of sp³-hybridized carbons (Fsp3) is 0.714. The Morgan fingerprint density at radius 1 is 1.47 bits per heavy atom. The lowest BCUT2D eigenvalue weighted by Gasteiger charge is -2.31. The second kappa shape index (κ2) is 6.07. The van der Waals surface area contributed by atoms with E-state index in [0.29, 0.717) is 21.6 Å². The standard InChI is InChI=1S/C14H22BrN3O/c1-10(2)7-14(5-3-4-6-14)8-16-12-11(15)13(19)18-9-17-12/h9-10H,3-8H2,1-2H3,(H2,16,17,18,19). The van der Waals surface area contributed by atoms with E-state index in [9.17, 15) is 4.79 Å². The third-order valence-corrected chi connectivity index (χ3v) is 4.67. The molecule has 5 heteroatoms. The molecule has 1 aliphatic rings. The summed E-state index contributed by atoms with van der Waals surface area (Å²) in [5.41, 5.74) is 0.236.